The van der Waals surface area contributed by atoms with Gasteiger partial charge in [0, 0.05) is 54.7 Å². The van der Waals surface area contributed by atoms with E-state index in [0.29, 0.717) is 40.5 Å². The van der Waals surface area contributed by atoms with Gasteiger partial charge in [0.05, 0.1) is 23.6 Å². The number of fused-ring (bicyclic) bond motifs is 2. The second-order valence-electron chi connectivity index (χ2n) is 9.19. The molecule has 0 aliphatic carbocycles. The number of H-pyrrole nitrogens is 2. The van der Waals surface area contributed by atoms with Crippen molar-refractivity contribution < 1.29 is 4.39 Å². The van der Waals surface area contributed by atoms with Crippen LogP contribution in [0.4, 0.5) is 10.1 Å². The van der Waals surface area contributed by atoms with Gasteiger partial charge in [0.25, 0.3) is 0 Å². The Bertz CT molecular complexity index is 1730. The van der Waals surface area contributed by atoms with Crippen molar-refractivity contribution in [2.45, 2.75) is 0 Å². The van der Waals surface area contributed by atoms with E-state index >= 15 is 0 Å². The molecular formula is C26H25FN10. The van der Waals surface area contributed by atoms with E-state index in [1.807, 2.05) is 45.5 Å². The standard InChI is InChI=1S/C26H25FN10/c1-36(2)7-6-28-18-9-15(8-17(27)10-18)19-4-5-29-25-23(19)32-26(33-25)24-20-11-21(16-12-31-37(3)14-16)30-13-22(20)34-35-24/h4-5,8-14,28H,6-7H2,1-3H3,(H,34,35)(H,29,32,33). The quantitative estimate of drug-likeness (QED) is 0.305. The number of pyridine rings is 2. The maximum atomic E-state index is 14.6. The first-order valence-electron chi connectivity index (χ1n) is 11.8. The number of hydrogen-bond acceptors (Lipinski definition) is 7. The van der Waals surface area contributed by atoms with Gasteiger partial charge in [-0.2, -0.15) is 10.2 Å². The van der Waals surface area contributed by atoms with Crippen molar-refractivity contribution in [3.63, 3.8) is 0 Å². The molecule has 11 heteroatoms. The number of aromatic nitrogens is 8. The molecule has 37 heavy (non-hydrogen) atoms. The zero-order valence-electron chi connectivity index (χ0n) is 20.6. The third kappa shape index (κ3) is 4.40. The molecule has 0 aliphatic rings. The average Bonchev–Trinajstić information content (AvgIpc) is 3.60. The molecule has 3 N–H and O–H groups in total. The molecule has 0 aliphatic heterocycles. The van der Waals surface area contributed by atoms with Crippen LogP contribution in [0.3, 0.4) is 0 Å². The molecule has 0 atom stereocenters. The Balaban J connectivity index is 1.40. The number of nitrogens with one attached hydrogen (secondary N) is 3. The van der Waals surface area contributed by atoms with Crippen molar-refractivity contribution in [3.05, 3.63) is 60.9 Å². The third-order valence-electron chi connectivity index (χ3n) is 6.15. The second kappa shape index (κ2) is 9.10. The molecule has 0 unspecified atom stereocenters. The molecule has 0 spiro atoms. The van der Waals surface area contributed by atoms with E-state index in [-0.39, 0.29) is 5.82 Å². The van der Waals surface area contributed by atoms with Gasteiger partial charge < -0.3 is 15.2 Å². The lowest BCUT2D eigenvalue weighted by Gasteiger charge is -2.12. The summed E-state index contributed by atoms with van der Waals surface area (Å²) in [6.07, 6.45) is 7.12. The number of rotatable bonds is 7. The molecule has 0 bridgehead atoms. The van der Waals surface area contributed by atoms with Crippen molar-refractivity contribution >= 4 is 27.8 Å². The molecule has 1 aromatic carbocycles. The van der Waals surface area contributed by atoms with Crippen LogP contribution in [-0.2, 0) is 7.05 Å². The molecule has 6 rings (SSSR count). The van der Waals surface area contributed by atoms with Crippen molar-refractivity contribution in [1.82, 2.24) is 44.8 Å². The molecule has 10 nitrogen and oxygen atoms in total. The predicted molar refractivity (Wildman–Crippen MR) is 141 cm³/mol. The zero-order chi connectivity index (χ0) is 25.5. The smallest absolute Gasteiger partial charge is 0.160 e. The molecule has 5 aromatic heterocycles. The van der Waals surface area contributed by atoms with E-state index in [4.69, 9.17) is 4.98 Å². The number of aromatic amines is 2. The molecule has 186 valence electrons. The van der Waals surface area contributed by atoms with Crippen molar-refractivity contribution in [1.29, 1.82) is 0 Å². The summed E-state index contributed by atoms with van der Waals surface area (Å²) in [7, 11) is 5.87. The minimum atomic E-state index is -0.320. The normalized spacial score (nSPS) is 11.7. The van der Waals surface area contributed by atoms with E-state index in [2.05, 4.69) is 40.5 Å². The molecule has 6 aromatic rings. The van der Waals surface area contributed by atoms with E-state index in [1.54, 1.807) is 23.3 Å². The highest BCUT2D eigenvalue weighted by Crippen LogP contribution is 2.33. The molecule has 0 fully saturated rings. The zero-order valence-corrected chi connectivity index (χ0v) is 20.6. The van der Waals surface area contributed by atoms with Crippen LogP contribution in [0.5, 0.6) is 0 Å². The molecule has 0 amide bonds. The van der Waals surface area contributed by atoms with Gasteiger partial charge in [0.2, 0.25) is 0 Å². The first-order chi connectivity index (χ1) is 17.9. The number of imidazole rings is 1. The summed E-state index contributed by atoms with van der Waals surface area (Å²) in [5.41, 5.74) is 6.57. The van der Waals surface area contributed by atoms with Crippen LogP contribution in [0.1, 0.15) is 0 Å². The van der Waals surface area contributed by atoms with Crippen molar-refractivity contribution in [2.24, 2.45) is 7.05 Å². The lowest BCUT2D eigenvalue weighted by Crippen LogP contribution is -2.20. The molecular weight excluding hydrogens is 471 g/mol. The summed E-state index contributed by atoms with van der Waals surface area (Å²) in [5.74, 6) is 0.240. The number of aryl methyl sites for hydroxylation is 1. The topological polar surface area (TPSA) is 116 Å². The number of hydrogen-bond donors (Lipinski definition) is 3. The number of anilines is 1. The van der Waals surface area contributed by atoms with Gasteiger partial charge >= 0.3 is 0 Å². The Morgan fingerprint density at radius 2 is 1.97 bits per heavy atom. The summed E-state index contributed by atoms with van der Waals surface area (Å²) in [6.45, 7) is 1.54. The fourth-order valence-electron chi connectivity index (χ4n) is 4.34. The summed E-state index contributed by atoms with van der Waals surface area (Å²) < 4.78 is 16.3. The van der Waals surface area contributed by atoms with E-state index in [0.717, 1.165) is 34.3 Å². The van der Waals surface area contributed by atoms with E-state index in [1.165, 1.54) is 12.1 Å². The average molecular weight is 497 g/mol. The molecule has 0 saturated carbocycles. The van der Waals surface area contributed by atoms with Gasteiger partial charge in [-0.15, -0.1) is 0 Å². The maximum Gasteiger partial charge on any atom is 0.160 e. The van der Waals surface area contributed by atoms with Crippen LogP contribution in [-0.4, -0.2) is 72.0 Å². The molecule has 5 heterocycles. The molecule has 0 saturated heterocycles. The Kier molecular flexibility index (Phi) is 5.61. The van der Waals surface area contributed by atoms with Crippen molar-refractivity contribution in [2.75, 3.05) is 32.5 Å². The summed E-state index contributed by atoms with van der Waals surface area (Å²) >= 11 is 0. The van der Waals surface area contributed by atoms with Crippen LogP contribution in [0.15, 0.2) is 55.1 Å². The minimum Gasteiger partial charge on any atom is -0.384 e. The lowest BCUT2D eigenvalue weighted by molar-refractivity contribution is 0.425. The largest absolute Gasteiger partial charge is 0.384 e. The number of likely N-dealkylation sites (N-methyl/N-ethyl adjacent to an activating group) is 1. The van der Waals surface area contributed by atoms with Gasteiger partial charge in [-0.3, -0.25) is 14.8 Å². The second-order valence-corrected chi connectivity index (χ2v) is 9.19. The fourth-order valence-corrected chi connectivity index (χ4v) is 4.34. The number of benzene rings is 1. The Morgan fingerprint density at radius 1 is 1.08 bits per heavy atom. The molecule has 0 radical (unpaired) electrons. The van der Waals surface area contributed by atoms with E-state index < -0.39 is 0 Å². The first kappa shape index (κ1) is 22.8. The maximum absolute atomic E-state index is 14.6. The van der Waals surface area contributed by atoms with Gasteiger partial charge in [-0.25, -0.2) is 14.4 Å². The van der Waals surface area contributed by atoms with Crippen LogP contribution in [0.25, 0.3) is 56.0 Å². The predicted octanol–water partition coefficient (Wildman–Crippen LogP) is 4.08. The van der Waals surface area contributed by atoms with E-state index in [9.17, 15) is 4.39 Å². The third-order valence-corrected chi connectivity index (χ3v) is 6.15. The lowest BCUT2D eigenvalue weighted by atomic mass is 10.0. The van der Waals surface area contributed by atoms with Crippen LogP contribution in [0, 0.1) is 5.82 Å². The Labute approximate surface area is 211 Å². The summed E-state index contributed by atoms with van der Waals surface area (Å²) in [4.78, 5) is 19.2. The Hall–Kier alpha value is -4.64. The highest BCUT2D eigenvalue weighted by atomic mass is 19.1. The highest BCUT2D eigenvalue weighted by molar-refractivity contribution is 5.96. The SMILES string of the molecule is CN(C)CCNc1cc(F)cc(-c2ccnc3[nH]c(-c4n[nH]c5cnc(-c6cnn(C)c6)cc45)nc23)c1. The van der Waals surface area contributed by atoms with Gasteiger partial charge in [0.15, 0.2) is 11.5 Å². The van der Waals surface area contributed by atoms with Crippen molar-refractivity contribution in [3.8, 4) is 33.9 Å². The van der Waals surface area contributed by atoms with Gasteiger partial charge in [0.1, 0.15) is 17.0 Å². The highest BCUT2D eigenvalue weighted by Gasteiger charge is 2.17. The fraction of sp³-hybridized carbons (Fsp3) is 0.192. The minimum absolute atomic E-state index is 0.320. The summed E-state index contributed by atoms with van der Waals surface area (Å²) in [5, 5.41) is 15.9. The summed E-state index contributed by atoms with van der Waals surface area (Å²) in [6, 6.07) is 8.74. The first-order valence-corrected chi connectivity index (χ1v) is 11.8. The number of nitrogens with zero attached hydrogens (tertiary/aromatic N) is 7. The van der Waals surface area contributed by atoms with Crippen LogP contribution >= 0.6 is 0 Å². The van der Waals surface area contributed by atoms with Gasteiger partial charge in [-0.1, -0.05) is 0 Å². The monoisotopic (exact) mass is 496 g/mol. The van der Waals surface area contributed by atoms with Gasteiger partial charge in [-0.05, 0) is 50.0 Å². The van der Waals surface area contributed by atoms with Crippen LogP contribution in [0.2, 0.25) is 0 Å². The number of halogens is 1. The van der Waals surface area contributed by atoms with Crippen LogP contribution < -0.4 is 5.32 Å². The Morgan fingerprint density at radius 3 is 2.78 bits per heavy atom.